The Labute approximate surface area is 144 Å². The lowest BCUT2D eigenvalue weighted by atomic mass is 10.1. The van der Waals surface area contributed by atoms with Crippen LogP contribution in [0.3, 0.4) is 0 Å². The van der Waals surface area contributed by atoms with Crippen LogP contribution >= 0.6 is 0 Å². The normalized spacial score (nSPS) is 10.5. The Morgan fingerprint density at radius 1 is 0.958 bits per heavy atom. The molecule has 4 heteroatoms. The molecule has 0 bridgehead atoms. The molecule has 1 aromatic heterocycles. The first-order valence-corrected chi connectivity index (χ1v) is 8.68. The minimum Gasteiger partial charge on any atom is -0.319 e. The molecule has 0 unspecified atom stereocenters. The maximum absolute atomic E-state index is 12.3. The molecule has 1 N–H and O–H groups in total. The van der Waals surface area contributed by atoms with Gasteiger partial charge in [0, 0.05) is 28.4 Å². The van der Waals surface area contributed by atoms with Gasteiger partial charge in [0.15, 0.2) is 0 Å². The van der Waals surface area contributed by atoms with E-state index in [1.807, 2.05) is 24.3 Å². The van der Waals surface area contributed by atoms with Crippen molar-refractivity contribution in [1.82, 2.24) is 9.99 Å². The van der Waals surface area contributed by atoms with Crippen LogP contribution in [0, 0.1) is 13.8 Å². The van der Waals surface area contributed by atoms with E-state index in [1.165, 1.54) is 11.4 Å². The third kappa shape index (κ3) is 4.34. The van der Waals surface area contributed by atoms with Crippen LogP contribution in [0.5, 0.6) is 0 Å². The number of aromatic nitrogens is 1. The summed E-state index contributed by atoms with van der Waals surface area (Å²) in [5.74, 6) is -0.160. The van der Waals surface area contributed by atoms with Gasteiger partial charge in [0.05, 0.1) is 0 Å². The molecule has 0 fully saturated rings. The van der Waals surface area contributed by atoms with Crippen LogP contribution in [0.2, 0.25) is 0 Å². The van der Waals surface area contributed by atoms with Crippen LogP contribution in [-0.2, 0) is 0 Å². The van der Waals surface area contributed by atoms with Gasteiger partial charge in [0.25, 0.3) is 5.91 Å². The van der Waals surface area contributed by atoms with E-state index in [2.05, 4.69) is 54.9 Å². The summed E-state index contributed by atoms with van der Waals surface area (Å²) >= 11 is 0. The third-order valence-corrected chi connectivity index (χ3v) is 4.05. The van der Waals surface area contributed by atoms with Gasteiger partial charge >= 0.3 is 0 Å². The minimum atomic E-state index is -0.160. The molecule has 2 rings (SSSR count). The van der Waals surface area contributed by atoms with Crippen molar-refractivity contribution in [3.8, 4) is 5.69 Å². The quantitative estimate of drug-likeness (QED) is 0.578. The molecule has 128 valence electrons. The van der Waals surface area contributed by atoms with Crippen LogP contribution in [0.4, 0.5) is 0 Å². The zero-order valence-corrected chi connectivity index (χ0v) is 15.1. The molecule has 24 heavy (non-hydrogen) atoms. The molecular weight excluding hydrogens is 298 g/mol. The fourth-order valence-electron chi connectivity index (χ4n) is 2.85. The van der Waals surface area contributed by atoms with Gasteiger partial charge in [-0.25, -0.2) is 5.43 Å². The zero-order chi connectivity index (χ0) is 17.5. The standard InChI is InChI=1S/C20H27N3O/c1-5-7-18(8-6-2)21-22-20(24)17-11-13-19(14-12-17)23-15(3)9-10-16(23)4/h9-14H,5-8H2,1-4H3,(H,22,24). The van der Waals surface area contributed by atoms with Gasteiger partial charge in [-0.1, -0.05) is 26.7 Å². The highest BCUT2D eigenvalue weighted by molar-refractivity contribution is 5.95. The van der Waals surface area contributed by atoms with E-state index in [-0.39, 0.29) is 5.91 Å². The van der Waals surface area contributed by atoms with Gasteiger partial charge in [-0.3, -0.25) is 4.79 Å². The van der Waals surface area contributed by atoms with Gasteiger partial charge in [-0.05, 0) is 63.1 Å². The molecule has 0 radical (unpaired) electrons. The largest absolute Gasteiger partial charge is 0.319 e. The summed E-state index contributed by atoms with van der Waals surface area (Å²) in [5.41, 5.74) is 7.79. The number of aryl methyl sites for hydroxylation is 2. The van der Waals surface area contributed by atoms with Crippen LogP contribution in [0.25, 0.3) is 5.69 Å². The zero-order valence-electron chi connectivity index (χ0n) is 15.1. The molecule has 0 aliphatic carbocycles. The van der Waals surface area contributed by atoms with E-state index >= 15 is 0 Å². The highest BCUT2D eigenvalue weighted by Gasteiger charge is 2.08. The average molecular weight is 325 g/mol. The Morgan fingerprint density at radius 2 is 1.50 bits per heavy atom. The van der Waals surface area contributed by atoms with Crippen molar-refractivity contribution < 1.29 is 4.79 Å². The van der Waals surface area contributed by atoms with Crippen molar-refractivity contribution in [2.24, 2.45) is 5.10 Å². The highest BCUT2D eigenvalue weighted by Crippen LogP contribution is 2.16. The molecule has 0 aliphatic heterocycles. The van der Waals surface area contributed by atoms with Gasteiger partial charge in [0.1, 0.15) is 0 Å². The Morgan fingerprint density at radius 3 is 2.00 bits per heavy atom. The monoisotopic (exact) mass is 325 g/mol. The molecule has 0 aliphatic rings. The average Bonchev–Trinajstić information content (AvgIpc) is 2.91. The van der Waals surface area contributed by atoms with Crippen molar-refractivity contribution in [2.75, 3.05) is 0 Å². The number of nitrogens with zero attached hydrogens (tertiary/aromatic N) is 2. The fraction of sp³-hybridized carbons (Fsp3) is 0.400. The predicted octanol–water partition coefficient (Wildman–Crippen LogP) is 4.78. The van der Waals surface area contributed by atoms with Crippen molar-refractivity contribution in [3.05, 3.63) is 53.3 Å². The Bertz CT molecular complexity index is 683. The Balaban J connectivity index is 2.10. The lowest BCUT2D eigenvalue weighted by Gasteiger charge is -2.10. The van der Waals surface area contributed by atoms with E-state index in [0.717, 1.165) is 37.1 Å². The molecule has 1 heterocycles. The van der Waals surface area contributed by atoms with Crippen LogP contribution < -0.4 is 5.43 Å². The number of carbonyl (C=O) groups is 1. The number of amides is 1. The third-order valence-electron chi connectivity index (χ3n) is 4.05. The fourth-order valence-corrected chi connectivity index (χ4v) is 2.85. The molecule has 2 aromatic rings. The highest BCUT2D eigenvalue weighted by atomic mass is 16.2. The summed E-state index contributed by atoms with van der Waals surface area (Å²) in [4.78, 5) is 12.3. The molecule has 0 saturated carbocycles. The Hall–Kier alpha value is -2.36. The van der Waals surface area contributed by atoms with E-state index in [0.29, 0.717) is 5.56 Å². The number of benzene rings is 1. The molecule has 4 nitrogen and oxygen atoms in total. The van der Waals surface area contributed by atoms with Gasteiger partial charge in [-0.2, -0.15) is 5.10 Å². The van der Waals surface area contributed by atoms with Crippen molar-refractivity contribution in [1.29, 1.82) is 0 Å². The van der Waals surface area contributed by atoms with E-state index in [4.69, 9.17) is 0 Å². The van der Waals surface area contributed by atoms with Crippen molar-refractivity contribution in [2.45, 2.75) is 53.4 Å². The van der Waals surface area contributed by atoms with Gasteiger partial charge in [0.2, 0.25) is 0 Å². The number of rotatable bonds is 7. The number of hydrazone groups is 1. The lowest BCUT2D eigenvalue weighted by Crippen LogP contribution is -2.19. The minimum absolute atomic E-state index is 0.160. The predicted molar refractivity (Wildman–Crippen MR) is 100.0 cm³/mol. The first-order chi connectivity index (χ1) is 11.6. The summed E-state index contributed by atoms with van der Waals surface area (Å²) in [6.07, 6.45) is 3.94. The smallest absolute Gasteiger partial charge is 0.271 e. The number of hydrogen-bond donors (Lipinski definition) is 1. The van der Waals surface area contributed by atoms with Crippen LogP contribution in [0.15, 0.2) is 41.5 Å². The molecule has 1 amide bonds. The maximum Gasteiger partial charge on any atom is 0.271 e. The summed E-state index contributed by atoms with van der Waals surface area (Å²) in [7, 11) is 0. The molecule has 0 saturated heterocycles. The maximum atomic E-state index is 12.3. The second kappa shape index (κ2) is 8.48. The molecule has 0 spiro atoms. The molecule has 1 aromatic carbocycles. The summed E-state index contributed by atoms with van der Waals surface area (Å²) in [6, 6.07) is 11.8. The summed E-state index contributed by atoms with van der Waals surface area (Å²) < 4.78 is 2.17. The molecule has 0 atom stereocenters. The van der Waals surface area contributed by atoms with E-state index in [9.17, 15) is 4.79 Å². The first kappa shape index (κ1) is 18.0. The second-order valence-electron chi connectivity index (χ2n) is 6.12. The van der Waals surface area contributed by atoms with Crippen LogP contribution in [0.1, 0.15) is 61.3 Å². The summed E-state index contributed by atoms with van der Waals surface area (Å²) in [6.45, 7) is 8.39. The van der Waals surface area contributed by atoms with Gasteiger partial charge in [-0.15, -0.1) is 0 Å². The van der Waals surface area contributed by atoms with Crippen molar-refractivity contribution >= 4 is 11.6 Å². The van der Waals surface area contributed by atoms with E-state index in [1.54, 1.807) is 0 Å². The molecular formula is C20H27N3O. The lowest BCUT2D eigenvalue weighted by molar-refractivity contribution is 0.0954. The summed E-state index contributed by atoms with van der Waals surface area (Å²) in [5, 5.41) is 4.29. The second-order valence-corrected chi connectivity index (χ2v) is 6.12. The topological polar surface area (TPSA) is 46.4 Å². The number of carbonyl (C=O) groups excluding carboxylic acids is 1. The first-order valence-electron chi connectivity index (χ1n) is 8.68. The number of nitrogens with one attached hydrogen (secondary N) is 1. The van der Waals surface area contributed by atoms with Crippen LogP contribution in [-0.4, -0.2) is 16.2 Å². The van der Waals surface area contributed by atoms with Gasteiger partial charge < -0.3 is 4.57 Å². The Kier molecular flexibility index (Phi) is 6.36. The van der Waals surface area contributed by atoms with Crippen molar-refractivity contribution in [3.63, 3.8) is 0 Å². The number of hydrogen-bond acceptors (Lipinski definition) is 2. The van der Waals surface area contributed by atoms with E-state index < -0.39 is 0 Å². The SMILES string of the molecule is CCCC(CCC)=NNC(=O)c1ccc(-n2c(C)ccc2C)cc1.